The number of nitrogens with one attached hydrogen (secondary N) is 1. The van der Waals surface area contributed by atoms with Crippen molar-refractivity contribution in [2.24, 2.45) is 5.92 Å². The fourth-order valence-electron chi connectivity index (χ4n) is 4.10. The molecule has 1 unspecified atom stereocenters. The minimum absolute atomic E-state index is 0.328. The predicted molar refractivity (Wildman–Crippen MR) is 136 cm³/mol. The van der Waals surface area contributed by atoms with Crippen molar-refractivity contribution in [2.45, 2.75) is 39.9 Å². The van der Waals surface area contributed by atoms with Gasteiger partial charge in [0.05, 0.1) is 42.6 Å². The van der Waals surface area contributed by atoms with Gasteiger partial charge in [-0.3, -0.25) is 0 Å². The van der Waals surface area contributed by atoms with Crippen LogP contribution in [0.2, 0.25) is 0 Å². The number of esters is 1. The molecule has 5 rings (SSSR count). The molecule has 6 heteroatoms. The van der Waals surface area contributed by atoms with Crippen LogP contribution in [0.5, 0.6) is 0 Å². The zero-order valence-electron chi connectivity index (χ0n) is 20.2. The van der Waals surface area contributed by atoms with Gasteiger partial charge in [-0.1, -0.05) is 68.0 Å². The number of aromatic nitrogens is 2. The average Bonchev–Trinajstić information content (AvgIpc) is 3.41. The summed E-state index contributed by atoms with van der Waals surface area (Å²) in [5.74, 6) is 0.234. The van der Waals surface area contributed by atoms with E-state index in [-0.39, 0.29) is 5.97 Å². The van der Waals surface area contributed by atoms with Gasteiger partial charge >= 0.3 is 5.97 Å². The molecule has 0 fully saturated rings. The lowest BCUT2D eigenvalue weighted by atomic mass is 10.0. The van der Waals surface area contributed by atoms with Crippen molar-refractivity contribution in [3.63, 3.8) is 0 Å². The highest BCUT2D eigenvalue weighted by molar-refractivity contribution is 5.93. The van der Waals surface area contributed by atoms with Crippen LogP contribution in [-0.2, 0) is 17.8 Å². The second-order valence-corrected chi connectivity index (χ2v) is 9.08. The third-order valence-corrected chi connectivity index (χ3v) is 5.74. The Bertz CT molecular complexity index is 1240. The molecule has 0 amide bonds. The van der Waals surface area contributed by atoms with Gasteiger partial charge in [-0.05, 0) is 42.2 Å². The van der Waals surface area contributed by atoms with Crippen LogP contribution in [-0.4, -0.2) is 33.7 Å². The van der Waals surface area contributed by atoms with Crippen LogP contribution in [0.1, 0.15) is 36.7 Å². The zero-order valence-corrected chi connectivity index (χ0v) is 20.2. The van der Waals surface area contributed by atoms with Gasteiger partial charge in [0.1, 0.15) is 0 Å². The van der Waals surface area contributed by atoms with Crippen LogP contribution in [0.3, 0.4) is 0 Å². The Morgan fingerprint density at radius 3 is 2.68 bits per heavy atom. The SMILES string of the molecule is CC1=CC2NN(Cc3ccccc3)C=C2C=C1.COC(=O)c1ccc2c(c1)ncn2CC(C)C. The van der Waals surface area contributed by atoms with E-state index in [4.69, 9.17) is 0 Å². The monoisotopic (exact) mass is 456 g/mol. The molecular weight excluding hydrogens is 424 g/mol. The fourth-order valence-corrected chi connectivity index (χ4v) is 4.10. The maximum Gasteiger partial charge on any atom is 0.337 e. The molecule has 1 aliphatic carbocycles. The van der Waals surface area contributed by atoms with Gasteiger partial charge in [0, 0.05) is 12.7 Å². The van der Waals surface area contributed by atoms with Crippen molar-refractivity contribution >= 4 is 17.0 Å². The Balaban J connectivity index is 0.000000161. The van der Waals surface area contributed by atoms with E-state index in [9.17, 15) is 4.79 Å². The number of hydrogen-bond acceptors (Lipinski definition) is 5. The van der Waals surface area contributed by atoms with Crippen molar-refractivity contribution in [1.29, 1.82) is 0 Å². The highest BCUT2D eigenvalue weighted by Gasteiger charge is 2.22. The third kappa shape index (κ3) is 5.64. The van der Waals surface area contributed by atoms with Gasteiger partial charge in [-0.25, -0.2) is 15.2 Å². The molecule has 176 valence electrons. The lowest BCUT2D eigenvalue weighted by Crippen LogP contribution is -2.35. The summed E-state index contributed by atoms with van der Waals surface area (Å²) in [4.78, 5) is 15.7. The van der Waals surface area contributed by atoms with E-state index < -0.39 is 0 Å². The first kappa shape index (κ1) is 23.5. The Labute approximate surface area is 201 Å². The Morgan fingerprint density at radius 1 is 1.15 bits per heavy atom. The molecule has 1 aromatic heterocycles. The molecule has 0 radical (unpaired) electrons. The van der Waals surface area contributed by atoms with E-state index in [1.165, 1.54) is 23.8 Å². The molecule has 3 aromatic rings. The van der Waals surface area contributed by atoms with Crippen LogP contribution in [0.15, 0.2) is 90.4 Å². The quantitative estimate of drug-likeness (QED) is 0.531. The largest absolute Gasteiger partial charge is 0.465 e. The number of methoxy groups -OCH3 is 1. The molecule has 0 saturated carbocycles. The first-order valence-corrected chi connectivity index (χ1v) is 11.6. The summed E-state index contributed by atoms with van der Waals surface area (Å²) in [6.07, 6.45) is 10.6. The molecule has 0 spiro atoms. The van der Waals surface area contributed by atoms with E-state index in [0.29, 0.717) is 17.5 Å². The maximum absolute atomic E-state index is 11.4. The average molecular weight is 457 g/mol. The van der Waals surface area contributed by atoms with Crippen LogP contribution in [0, 0.1) is 5.92 Å². The molecule has 1 atom stereocenters. The number of ether oxygens (including phenoxy) is 1. The van der Waals surface area contributed by atoms with Crippen molar-refractivity contribution in [3.8, 4) is 0 Å². The third-order valence-electron chi connectivity index (χ3n) is 5.74. The summed E-state index contributed by atoms with van der Waals surface area (Å²) in [6.45, 7) is 8.29. The number of imidazole rings is 1. The van der Waals surface area contributed by atoms with Crippen LogP contribution in [0.4, 0.5) is 0 Å². The predicted octanol–water partition coefficient (Wildman–Crippen LogP) is 5.25. The highest BCUT2D eigenvalue weighted by Crippen LogP contribution is 2.22. The molecule has 2 heterocycles. The molecule has 2 aliphatic rings. The Morgan fingerprint density at radius 2 is 1.94 bits per heavy atom. The number of fused-ring (bicyclic) bond motifs is 2. The maximum atomic E-state index is 11.4. The van der Waals surface area contributed by atoms with Crippen molar-refractivity contribution in [3.05, 3.63) is 102 Å². The normalized spacial score (nSPS) is 16.6. The number of nitrogens with zero attached hydrogens (tertiary/aromatic N) is 3. The molecule has 2 aromatic carbocycles. The lowest BCUT2D eigenvalue weighted by Gasteiger charge is -2.19. The van der Waals surface area contributed by atoms with Gasteiger partial charge < -0.3 is 14.3 Å². The van der Waals surface area contributed by atoms with Crippen molar-refractivity contribution < 1.29 is 9.53 Å². The Kier molecular flexibility index (Phi) is 7.28. The number of carbonyl (C=O) groups excluding carboxylic acids is 1. The molecule has 1 N–H and O–H groups in total. The number of rotatable bonds is 5. The van der Waals surface area contributed by atoms with Gasteiger partial charge in [0.2, 0.25) is 0 Å². The molecular formula is C28H32N4O2. The van der Waals surface area contributed by atoms with Crippen LogP contribution < -0.4 is 5.43 Å². The molecule has 1 aliphatic heterocycles. The van der Waals surface area contributed by atoms with Crippen molar-refractivity contribution in [2.75, 3.05) is 7.11 Å². The summed E-state index contributed by atoms with van der Waals surface area (Å²) in [7, 11) is 1.38. The summed E-state index contributed by atoms with van der Waals surface area (Å²) in [5, 5.41) is 2.16. The number of carbonyl (C=O) groups is 1. The van der Waals surface area contributed by atoms with Gasteiger partial charge in [0.25, 0.3) is 0 Å². The minimum atomic E-state index is -0.328. The first-order chi connectivity index (χ1) is 16.4. The summed E-state index contributed by atoms with van der Waals surface area (Å²) >= 11 is 0. The van der Waals surface area contributed by atoms with E-state index in [1.54, 1.807) is 12.1 Å². The molecule has 0 bridgehead atoms. The van der Waals surface area contributed by atoms with E-state index in [0.717, 1.165) is 24.1 Å². The fraction of sp³-hybridized carbons (Fsp3) is 0.286. The standard InChI is InChI=1S/C15H16N2.C13H16N2O2/c1-12-7-8-14-11-17(16-15(14)9-12)10-13-5-3-2-4-6-13;1-9(2)7-15-8-14-11-6-10(13(16)17-3)4-5-12(11)15/h2-9,11,15-16H,10H2,1H3;4-6,8-9H,7H2,1-3H3. The van der Waals surface area contributed by atoms with Crippen molar-refractivity contribution in [1.82, 2.24) is 20.0 Å². The molecule has 0 saturated heterocycles. The van der Waals surface area contributed by atoms with E-state index in [2.05, 4.69) is 94.2 Å². The second-order valence-electron chi connectivity index (χ2n) is 9.08. The topological polar surface area (TPSA) is 59.4 Å². The molecule has 6 nitrogen and oxygen atoms in total. The number of benzene rings is 2. The van der Waals surface area contributed by atoms with E-state index in [1.807, 2.05) is 18.5 Å². The zero-order chi connectivity index (χ0) is 24.1. The van der Waals surface area contributed by atoms with Gasteiger partial charge in [-0.2, -0.15) is 0 Å². The van der Waals surface area contributed by atoms with Crippen LogP contribution in [0.25, 0.3) is 11.0 Å². The number of allylic oxidation sites excluding steroid dienone is 2. The smallest absolute Gasteiger partial charge is 0.337 e. The van der Waals surface area contributed by atoms with Gasteiger partial charge in [0.15, 0.2) is 0 Å². The van der Waals surface area contributed by atoms with Crippen LogP contribution >= 0.6 is 0 Å². The lowest BCUT2D eigenvalue weighted by molar-refractivity contribution is 0.0601. The van der Waals surface area contributed by atoms with Gasteiger partial charge in [-0.15, -0.1) is 0 Å². The summed E-state index contributed by atoms with van der Waals surface area (Å²) in [6, 6.07) is 16.3. The Hall–Kier alpha value is -3.64. The minimum Gasteiger partial charge on any atom is -0.465 e. The summed E-state index contributed by atoms with van der Waals surface area (Å²) in [5.41, 5.74) is 9.88. The summed E-state index contributed by atoms with van der Waals surface area (Å²) < 4.78 is 6.78. The number of hydrogen-bond donors (Lipinski definition) is 1. The molecule has 34 heavy (non-hydrogen) atoms. The van der Waals surface area contributed by atoms with E-state index >= 15 is 0 Å². The first-order valence-electron chi connectivity index (χ1n) is 11.6. The highest BCUT2D eigenvalue weighted by atomic mass is 16.5. The number of hydrazine groups is 1. The second kappa shape index (κ2) is 10.5.